The molecule has 0 aliphatic carbocycles. The van der Waals surface area contributed by atoms with Crippen LogP contribution in [0.2, 0.25) is 0 Å². The Hall–Kier alpha value is -2.80. The number of halogens is 2. The molecule has 25 heavy (non-hydrogen) atoms. The van der Waals surface area contributed by atoms with Crippen LogP contribution in [0, 0.1) is 11.6 Å². The van der Waals surface area contributed by atoms with E-state index in [2.05, 4.69) is 5.32 Å². The van der Waals surface area contributed by atoms with E-state index in [1.807, 2.05) is 24.3 Å². The van der Waals surface area contributed by atoms with Gasteiger partial charge in [-0.3, -0.25) is 14.5 Å². The van der Waals surface area contributed by atoms with Gasteiger partial charge in [-0.1, -0.05) is 24.3 Å². The van der Waals surface area contributed by atoms with Gasteiger partial charge in [0.2, 0.25) is 11.8 Å². The van der Waals surface area contributed by atoms with Crippen molar-refractivity contribution in [3.05, 3.63) is 65.2 Å². The molecule has 0 saturated carbocycles. The highest BCUT2D eigenvalue weighted by atomic mass is 19.2. The second-order valence-corrected chi connectivity index (χ2v) is 5.97. The number of amides is 2. The first-order valence-corrected chi connectivity index (χ1v) is 7.79. The number of hydrogen-bond donors (Lipinski definition) is 2. The largest absolute Gasteiger partial charge is 0.368 e. The van der Waals surface area contributed by atoms with E-state index in [1.165, 1.54) is 6.07 Å². The summed E-state index contributed by atoms with van der Waals surface area (Å²) in [5, 5.41) is 2.50. The number of fused-ring (bicyclic) bond motifs is 1. The van der Waals surface area contributed by atoms with E-state index < -0.39 is 29.5 Å². The minimum Gasteiger partial charge on any atom is -0.368 e. The molecule has 1 atom stereocenters. The molecular weight excluding hydrogens is 328 g/mol. The highest BCUT2D eigenvalue weighted by molar-refractivity contribution is 5.93. The summed E-state index contributed by atoms with van der Waals surface area (Å²) >= 11 is 0. The highest BCUT2D eigenvalue weighted by Gasteiger charge is 2.31. The first-order valence-electron chi connectivity index (χ1n) is 7.79. The van der Waals surface area contributed by atoms with E-state index in [1.54, 1.807) is 4.90 Å². The number of carbonyl (C=O) groups is 2. The summed E-state index contributed by atoms with van der Waals surface area (Å²) in [6, 6.07) is 10.2. The zero-order valence-corrected chi connectivity index (χ0v) is 13.3. The highest BCUT2D eigenvalue weighted by Crippen LogP contribution is 2.23. The summed E-state index contributed by atoms with van der Waals surface area (Å²) in [5.41, 5.74) is 7.69. The summed E-state index contributed by atoms with van der Waals surface area (Å²) < 4.78 is 26.2. The molecular formula is C18H17F2N3O2. The Kier molecular flexibility index (Phi) is 4.76. The normalized spacial score (nSPS) is 17.0. The number of primary amides is 1. The molecule has 2 aromatic carbocycles. The number of anilines is 1. The van der Waals surface area contributed by atoms with Gasteiger partial charge in [0, 0.05) is 18.3 Å². The fraction of sp³-hybridized carbons (Fsp3) is 0.222. The first kappa shape index (κ1) is 17.0. The van der Waals surface area contributed by atoms with Crippen LogP contribution >= 0.6 is 0 Å². The summed E-state index contributed by atoms with van der Waals surface area (Å²) in [7, 11) is 0. The molecule has 7 heteroatoms. The molecule has 0 radical (unpaired) electrons. The van der Waals surface area contributed by atoms with Gasteiger partial charge >= 0.3 is 0 Å². The predicted octanol–water partition coefficient (Wildman–Crippen LogP) is 1.82. The lowest BCUT2D eigenvalue weighted by molar-refractivity contribution is -0.125. The van der Waals surface area contributed by atoms with Crippen LogP contribution in [-0.2, 0) is 22.6 Å². The van der Waals surface area contributed by atoms with E-state index in [4.69, 9.17) is 5.73 Å². The van der Waals surface area contributed by atoms with Crippen molar-refractivity contribution >= 4 is 17.5 Å². The summed E-state index contributed by atoms with van der Waals surface area (Å²) in [6.45, 7) is 0.329. The van der Waals surface area contributed by atoms with Crippen LogP contribution in [0.15, 0.2) is 42.5 Å². The van der Waals surface area contributed by atoms with Crippen molar-refractivity contribution in [2.75, 3.05) is 11.9 Å². The second kappa shape index (κ2) is 6.98. The monoisotopic (exact) mass is 345 g/mol. The molecule has 2 amide bonds. The predicted molar refractivity (Wildman–Crippen MR) is 88.5 cm³/mol. The third-order valence-electron chi connectivity index (χ3n) is 4.22. The number of nitrogens with one attached hydrogen (secondary N) is 1. The van der Waals surface area contributed by atoms with Gasteiger partial charge in [0.15, 0.2) is 11.6 Å². The second-order valence-electron chi connectivity index (χ2n) is 5.97. The Bertz CT molecular complexity index is 826. The Morgan fingerprint density at radius 3 is 2.52 bits per heavy atom. The topological polar surface area (TPSA) is 75.4 Å². The van der Waals surface area contributed by atoms with Gasteiger partial charge in [0.25, 0.3) is 0 Å². The number of hydrogen-bond acceptors (Lipinski definition) is 3. The summed E-state index contributed by atoms with van der Waals surface area (Å²) in [4.78, 5) is 25.7. The van der Waals surface area contributed by atoms with Crippen LogP contribution in [0.4, 0.5) is 14.5 Å². The third kappa shape index (κ3) is 3.83. The molecule has 3 rings (SSSR count). The van der Waals surface area contributed by atoms with Crippen molar-refractivity contribution in [1.82, 2.24) is 4.90 Å². The Balaban J connectivity index is 1.72. The van der Waals surface area contributed by atoms with Gasteiger partial charge in [0.05, 0.1) is 12.6 Å². The number of benzene rings is 2. The Morgan fingerprint density at radius 2 is 1.84 bits per heavy atom. The molecule has 0 fully saturated rings. The molecule has 0 saturated heterocycles. The zero-order chi connectivity index (χ0) is 18.0. The molecule has 0 bridgehead atoms. The first-order chi connectivity index (χ1) is 11.9. The molecule has 130 valence electrons. The Morgan fingerprint density at radius 1 is 1.12 bits per heavy atom. The van der Waals surface area contributed by atoms with Gasteiger partial charge < -0.3 is 11.1 Å². The van der Waals surface area contributed by atoms with Crippen molar-refractivity contribution in [1.29, 1.82) is 0 Å². The minimum atomic E-state index is -1.04. The number of nitrogens with two attached hydrogens (primary N) is 1. The average molecular weight is 345 g/mol. The fourth-order valence-corrected chi connectivity index (χ4v) is 2.98. The number of rotatable bonds is 4. The van der Waals surface area contributed by atoms with E-state index in [9.17, 15) is 18.4 Å². The van der Waals surface area contributed by atoms with Crippen LogP contribution < -0.4 is 11.1 Å². The Labute approximate surface area is 143 Å². The molecule has 1 aliphatic heterocycles. The third-order valence-corrected chi connectivity index (χ3v) is 4.22. The van der Waals surface area contributed by atoms with Crippen molar-refractivity contribution in [3.63, 3.8) is 0 Å². The molecule has 1 unspecified atom stereocenters. The van der Waals surface area contributed by atoms with Crippen LogP contribution in [0.3, 0.4) is 0 Å². The van der Waals surface area contributed by atoms with E-state index >= 15 is 0 Å². The number of carbonyl (C=O) groups excluding carboxylic acids is 2. The minimum absolute atomic E-state index is 0.0824. The molecule has 1 heterocycles. The van der Waals surface area contributed by atoms with E-state index in [0.717, 1.165) is 23.3 Å². The lowest BCUT2D eigenvalue weighted by Crippen LogP contribution is -2.50. The molecule has 3 N–H and O–H groups in total. The van der Waals surface area contributed by atoms with E-state index in [-0.39, 0.29) is 12.2 Å². The van der Waals surface area contributed by atoms with Crippen molar-refractivity contribution < 1.29 is 18.4 Å². The van der Waals surface area contributed by atoms with Gasteiger partial charge in [-0.05, 0) is 29.7 Å². The van der Waals surface area contributed by atoms with Crippen LogP contribution in [-0.4, -0.2) is 29.3 Å². The van der Waals surface area contributed by atoms with Crippen molar-refractivity contribution in [2.45, 2.75) is 19.0 Å². The lowest BCUT2D eigenvalue weighted by atomic mass is 9.93. The quantitative estimate of drug-likeness (QED) is 0.887. The zero-order valence-electron chi connectivity index (χ0n) is 13.3. The molecule has 1 aliphatic rings. The maximum atomic E-state index is 13.2. The SMILES string of the molecule is NC(=O)C1Cc2ccccc2CN1CC(=O)Nc1ccc(F)c(F)c1. The van der Waals surface area contributed by atoms with Crippen LogP contribution in [0.1, 0.15) is 11.1 Å². The van der Waals surface area contributed by atoms with Gasteiger partial charge in [-0.2, -0.15) is 0 Å². The summed E-state index contributed by atoms with van der Waals surface area (Å²) in [5.74, 6) is -2.97. The maximum absolute atomic E-state index is 13.2. The van der Waals surface area contributed by atoms with Crippen molar-refractivity contribution in [3.8, 4) is 0 Å². The van der Waals surface area contributed by atoms with Crippen LogP contribution in [0.25, 0.3) is 0 Å². The molecule has 0 aromatic heterocycles. The fourth-order valence-electron chi connectivity index (χ4n) is 2.98. The molecule has 0 spiro atoms. The van der Waals surface area contributed by atoms with Gasteiger partial charge in [-0.25, -0.2) is 8.78 Å². The standard InChI is InChI=1S/C18H17F2N3O2/c19-14-6-5-13(8-15(14)20)22-17(24)10-23-9-12-4-2-1-3-11(12)7-16(23)18(21)25/h1-6,8,16H,7,9-10H2,(H2,21,25)(H,22,24). The molecule has 2 aromatic rings. The lowest BCUT2D eigenvalue weighted by Gasteiger charge is -2.34. The smallest absolute Gasteiger partial charge is 0.238 e. The summed E-state index contributed by atoms with van der Waals surface area (Å²) in [6.07, 6.45) is 0.434. The van der Waals surface area contributed by atoms with Crippen molar-refractivity contribution in [2.24, 2.45) is 5.73 Å². The van der Waals surface area contributed by atoms with E-state index in [0.29, 0.717) is 13.0 Å². The maximum Gasteiger partial charge on any atom is 0.238 e. The van der Waals surface area contributed by atoms with Gasteiger partial charge in [0.1, 0.15) is 0 Å². The number of nitrogens with zero attached hydrogens (tertiary/aromatic N) is 1. The average Bonchev–Trinajstić information content (AvgIpc) is 2.57. The van der Waals surface area contributed by atoms with Gasteiger partial charge in [-0.15, -0.1) is 0 Å². The molecule has 5 nitrogen and oxygen atoms in total. The van der Waals surface area contributed by atoms with Crippen LogP contribution in [0.5, 0.6) is 0 Å².